The van der Waals surface area contributed by atoms with Crippen molar-refractivity contribution in [3.05, 3.63) is 42.2 Å². The van der Waals surface area contributed by atoms with Crippen molar-refractivity contribution in [3.63, 3.8) is 0 Å². The fourth-order valence-corrected chi connectivity index (χ4v) is 1.44. The molecular weight excluding hydrogens is 202 g/mol. The number of nitrogens with one attached hydrogen (secondary N) is 1. The van der Waals surface area contributed by atoms with Crippen molar-refractivity contribution in [2.75, 3.05) is 12.4 Å². The van der Waals surface area contributed by atoms with E-state index in [9.17, 15) is 0 Å². The minimum Gasteiger partial charge on any atom is -0.392 e. The zero-order valence-electron chi connectivity index (χ0n) is 9.01. The summed E-state index contributed by atoms with van der Waals surface area (Å²) in [4.78, 5) is 8.48. The lowest BCUT2D eigenvalue weighted by atomic mass is 10.1. The molecule has 0 amide bonds. The standard InChI is InChI=1S/C12H13N3O/c1-13-12-7-14-11(6-15-12)10-4-2-3-9(5-10)8-16/h2-7,16H,8H2,1H3,(H,13,15). The van der Waals surface area contributed by atoms with Crippen LogP contribution in [0.3, 0.4) is 0 Å². The largest absolute Gasteiger partial charge is 0.392 e. The van der Waals surface area contributed by atoms with Gasteiger partial charge >= 0.3 is 0 Å². The molecule has 1 aromatic carbocycles. The van der Waals surface area contributed by atoms with Gasteiger partial charge in [-0.05, 0) is 11.6 Å². The summed E-state index contributed by atoms with van der Waals surface area (Å²) in [5.74, 6) is 0.738. The molecule has 2 aromatic rings. The van der Waals surface area contributed by atoms with E-state index in [1.807, 2.05) is 24.3 Å². The van der Waals surface area contributed by atoms with Crippen molar-refractivity contribution < 1.29 is 5.11 Å². The Labute approximate surface area is 94.0 Å². The average Bonchev–Trinajstić information content (AvgIpc) is 2.39. The van der Waals surface area contributed by atoms with Crippen LogP contribution < -0.4 is 5.32 Å². The first kappa shape index (κ1) is 10.6. The number of rotatable bonds is 3. The topological polar surface area (TPSA) is 58.0 Å². The first-order chi connectivity index (χ1) is 7.83. The Morgan fingerprint density at radius 2 is 2.12 bits per heavy atom. The summed E-state index contributed by atoms with van der Waals surface area (Å²) >= 11 is 0. The Morgan fingerprint density at radius 1 is 1.25 bits per heavy atom. The highest BCUT2D eigenvalue weighted by Gasteiger charge is 2.01. The summed E-state index contributed by atoms with van der Waals surface area (Å²) in [5, 5.41) is 12.0. The second-order valence-corrected chi connectivity index (χ2v) is 3.40. The quantitative estimate of drug-likeness (QED) is 0.817. The Morgan fingerprint density at radius 3 is 2.75 bits per heavy atom. The van der Waals surface area contributed by atoms with Gasteiger partial charge in [0, 0.05) is 12.6 Å². The number of aliphatic hydroxyl groups is 1. The Bertz CT molecular complexity index is 468. The average molecular weight is 215 g/mol. The summed E-state index contributed by atoms with van der Waals surface area (Å²) < 4.78 is 0. The summed E-state index contributed by atoms with van der Waals surface area (Å²) in [6, 6.07) is 7.62. The number of hydrogen-bond acceptors (Lipinski definition) is 4. The molecule has 1 aromatic heterocycles. The van der Waals surface area contributed by atoms with E-state index in [1.165, 1.54) is 0 Å². The molecule has 0 saturated heterocycles. The third-order valence-electron chi connectivity index (χ3n) is 2.31. The van der Waals surface area contributed by atoms with Gasteiger partial charge in [0.2, 0.25) is 0 Å². The Hall–Kier alpha value is -1.94. The van der Waals surface area contributed by atoms with Gasteiger partial charge in [-0.2, -0.15) is 0 Å². The van der Waals surface area contributed by atoms with E-state index in [2.05, 4.69) is 15.3 Å². The molecule has 0 radical (unpaired) electrons. The molecule has 0 spiro atoms. The van der Waals surface area contributed by atoms with Crippen molar-refractivity contribution in [2.24, 2.45) is 0 Å². The zero-order valence-corrected chi connectivity index (χ0v) is 9.01. The second kappa shape index (κ2) is 4.72. The molecule has 0 aliphatic rings. The molecule has 4 nitrogen and oxygen atoms in total. The minimum atomic E-state index is 0.0376. The summed E-state index contributed by atoms with van der Waals surface area (Å²) in [6.07, 6.45) is 3.39. The molecule has 4 heteroatoms. The fourth-order valence-electron chi connectivity index (χ4n) is 1.44. The zero-order chi connectivity index (χ0) is 11.4. The van der Waals surface area contributed by atoms with Crippen LogP contribution in [0.25, 0.3) is 11.3 Å². The molecule has 0 atom stereocenters. The van der Waals surface area contributed by atoms with E-state index < -0.39 is 0 Å². The summed E-state index contributed by atoms with van der Waals surface area (Å²) in [7, 11) is 1.80. The van der Waals surface area contributed by atoms with Crippen LogP contribution in [0.15, 0.2) is 36.7 Å². The number of aromatic nitrogens is 2. The summed E-state index contributed by atoms with van der Waals surface area (Å²) in [5.41, 5.74) is 2.63. The number of hydrogen-bond donors (Lipinski definition) is 2. The van der Waals surface area contributed by atoms with Gasteiger partial charge in [-0.1, -0.05) is 18.2 Å². The molecule has 0 bridgehead atoms. The van der Waals surface area contributed by atoms with Crippen LogP contribution in [0, 0.1) is 0 Å². The van der Waals surface area contributed by atoms with Gasteiger partial charge in [-0.15, -0.1) is 0 Å². The predicted molar refractivity (Wildman–Crippen MR) is 62.9 cm³/mol. The molecule has 0 fully saturated rings. The highest BCUT2D eigenvalue weighted by atomic mass is 16.3. The molecule has 0 aliphatic heterocycles. The van der Waals surface area contributed by atoms with Crippen molar-refractivity contribution in [3.8, 4) is 11.3 Å². The smallest absolute Gasteiger partial charge is 0.144 e. The van der Waals surface area contributed by atoms with Gasteiger partial charge in [-0.25, -0.2) is 4.98 Å². The van der Waals surface area contributed by atoms with E-state index in [1.54, 1.807) is 19.4 Å². The van der Waals surface area contributed by atoms with Crippen LogP contribution in [0.5, 0.6) is 0 Å². The minimum absolute atomic E-state index is 0.0376. The highest BCUT2D eigenvalue weighted by molar-refractivity contribution is 5.59. The first-order valence-electron chi connectivity index (χ1n) is 5.03. The van der Waals surface area contributed by atoms with E-state index in [0.29, 0.717) is 0 Å². The van der Waals surface area contributed by atoms with Crippen molar-refractivity contribution >= 4 is 5.82 Å². The molecule has 16 heavy (non-hydrogen) atoms. The normalized spacial score (nSPS) is 10.1. The second-order valence-electron chi connectivity index (χ2n) is 3.40. The maximum atomic E-state index is 9.05. The number of anilines is 1. The fraction of sp³-hybridized carbons (Fsp3) is 0.167. The summed E-state index contributed by atoms with van der Waals surface area (Å²) in [6.45, 7) is 0.0376. The third kappa shape index (κ3) is 2.17. The first-order valence-corrected chi connectivity index (χ1v) is 5.03. The van der Waals surface area contributed by atoms with Gasteiger partial charge in [0.05, 0.1) is 24.7 Å². The van der Waals surface area contributed by atoms with E-state index in [-0.39, 0.29) is 6.61 Å². The Balaban J connectivity index is 2.34. The van der Waals surface area contributed by atoms with E-state index in [4.69, 9.17) is 5.11 Å². The SMILES string of the molecule is CNc1cnc(-c2cccc(CO)c2)cn1. The van der Waals surface area contributed by atoms with Gasteiger partial charge in [0.15, 0.2) is 0 Å². The number of aliphatic hydroxyl groups excluding tert-OH is 1. The van der Waals surface area contributed by atoms with Crippen molar-refractivity contribution in [2.45, 2.75) is 6.61 Å². The van der Waals surface area contributed by atoms with Gasteiger partial charge in [-0.3, -0.25) is 4.98 Å². The molecule has 2 rings (SSSR count). The Kier molecular flexibility index (Phi) is 3.12. The van der Waals surface area contributed by atoms with Gasteiger partial charge in [0.25, 0.3) is 0 Å². The van der Waals surface area contributed by atoms with Gasteiger partial charge < -0.3 is 10.4 Å². The molecule has 0 unspecified atom stereocenters. The van der Waals surface area contributed by atoms with Crippen LogP contribution >= 0.6 is 0 Å². The maximum Gasteiger partial charge on any atom is 0.144 e. The maximum absolute atomic E-state index is 9.05. The lowest BCUT2D eigenvalue weighted by Crippen LogP contribution is -1.94. The molecule has 2 N–H and O–H groups in total. The van der Waals surface area contributed by atoms with Crippen LogP contribution in [0.4, 0.5) is 5.82 Å². The van der Waals surface area contributed by atoms with E-state index >= 15 is 0 Å². The molecule has 1 heterocycles. The molecule has 82 valence electrons. The van der Waals surface area contributed by atoms with Crippen molar-refractivity contribution in [1.29, 1.82) is 0 Å². The van der Waals surface area contributed by atoms with Crippen LogP contribution in [-0.4, -0.2) is 22.1 Å². The van der Waals surface area contributed by atoms with E-state index in [0.717, 1.165) is 22.6 Å². The third-order valence-corrected chi connectivity index (χ3v) is 2.31. The van der Waals surface area contributed by atoms with Crippen molar-refractivity contribution in [1.82, 2.24) is 9.97 Å². The highest BCUT2D eigenvalue weighted by Crippen LogP contribution is 2.18. The predicted octanol–water partition coefficient (Wildman–Crippen LogP) is 1.68. The van der Waals surface area contributed by atoms with Crippen LogP contribution in [-0.2, 0) is 6.61 Å². The number of nitrogens with zero attached hydrogens (tertiary/aromatic N) is 2. The molecule has 0 aliphatic carbocycles. The molecular formula is C12H13N3O. The lowest BCUT2D eigenvalue weighted by molar-refractivity contribution is 0.282. The molecule has 0 saturated carbocycles. The monoisotopic (exact) mass is 215 g/mol. The van der Waals surface area contributed by atoms with Crippen LogP contribution in [0.1, 0.15) is 5.56 Å². The lowest BCUT2D eigenvalue weighted by Gasteiger charge is -2.03. The van der Waals surface area contributed by atoms with Gasteiger partial charge in [0.1, 0.15) is 5.82 Å². The number of benzene rings is 1. The van der Waals surface area contributed by atoms with Crippen LogP contribution in [0.2, 0.25) is 0 Å².